The van der Waals surface area contributed by atoms with Crippen molar-refractivity contribution in [3.63, 3.8) is 0 Å². The normalized spacial score (nSPS) is 13.2. The number of hydrogen-bond acceptors (Lipinski definition) is 3. The van der Waals surface area contributed by atoms with Crippen molar-refractivity contribution in [2.75, 3.05) is 6.54 Å². The van der Waals surface area contributed by atoms with Gasteiger partial charge in [0.25, 0.3) is 5.91 Å². The number of primary amides is 1. The second-order valence-corrected chi connectivity index (χ2v) is 4.67. The predicted octanol–water partition coefficient (Wildman–Crippen LogP) is 1.92. The number of fused-ring (bicyclic) bond motifs is 1. The molecule has 0 aliphatic carbocycles. The lowest BCUT2D eigenvalue weighted by molar-refractivity contribution is 0.0996. The van der Waals surface area contributed by atoms with Gasteiger partial charge in [-0.05, 0) is 41.8 Å². The third-order valence-electron chi connectivity index (χ3n) is 3.44. The molecule has 0 atom stereocenters. The number of amides is 1. The zero-order valence-electron chi connectivity index (χ0n) is 10.9. The van der Waals surface area contributed by atoms with Gasteiger partial charge in [0.05, 0.1) is 0 Å². The summed E-state index contributed by atoms with van der Waals surface area (Å²) in [5.41, 5.74) is 10.1. The Morgan fingerprint density at radius 3 is 2.90 bits per heavy atom. The zero-order valence-corrected chi connectivity index (χ0v) is 11.7. The van der Waals surface area contributed by atoms with Crippen LogP contribution in [0, 0.1) is 0 Å². The highest BCUT2D eigenvalue weighted by Crippen LogP contribution is 2.26. The molecular formula is C15H16ClN3O. The van der Waals surface area contributed by atoms with E-state index >= 15 is 0 Å². The minimum Gasteiger partial charge on any atom is -0.364 e. The number of nitrogens with one attached hydrogen (secondary N) is 1. The van der Waals surface area contributed by atoms with E-state index in [4.69, 9.17) is 5.73 Å². The van der Waals surface area contributed by atoms with E-state index in [1.54, 1.807) is 6.20 Å². The lowest BCUT2D eigenvalue weighted by atomic mass is 9.95. The van der Waals surface area contributed by atoms with Crippen molar-refractivity contribution < 1.29 is 4.79 Å². The highest BCUT2D eigenvalue weighted by Gasteiger charge is 2.14. The first-order valence-corrected chi connectivity index (χ1v) is 6.33. The van der Waals surface area contributed by atoms with Crippen LogP contribution in [0.4, 0.5) is 0 Å². The summed E-state index contributed by atoms with van der Waals surface area (Å²) < 4.78 is 0. The van der Waals surface area contributed by atoms with Crippen LogP contribution >= 0.6 is 12.4 Å². The molecule has 2 heterocycles. The van der Waals surface area contributed by atoms with Crippen molar-refractivity contribution in [1.29, 1.82) is 0 Å². The highest BCUT2D eigenvalue weighted by molar-refractivity contribution is 5.97. The first kappa shape index (κ1) is 14.5. The van der Waals surface area contributed by atoms with Gasteiger partial charge in [-0.3, -0.25) is 9.78 Å². The smallest absolute Gasteiger partial charge is 0.267 e. The number of benzene rings is 1. The summed E-state index contributed by atoms with van der Waals surface area (Å²) in [5.74, 6) is -0.494. The van der Waals surface area contributed by atoms with Crippen LogP contribution < -0.4 is 11.1 Å². The van der Waals surface area contributed by atoms with Gasteiger partial charge in [-0.25, -0.2) is 0 Å². The van der Waals surface area contributed by atoms with Crippen LogP contribution in [0.25, 0.3) is 11.1 Å². The summed E-state index contributed by atoms with van der Waals surface area (Å²) in [4.78, 5) is 15.5. The van der Waals surface area contributed by atoms with Gasteiger partial charge >= 0.3 is 0 Å². The molecule has 0 saturated heterocycles. The van der Waals surface area contributed by atoms with E-state index in [1.807, 2.05) is 18.2 Å². The van der Waals surface area contributed by atoms with Gasteiger partial charge in [0.15, 0.2) is 0 Å². The van der Waals surface area contributed by atoms with Crippen molar-refractivity contribution in [1.82, 2.24) is 10.3 Å². The van der Waals surface area contributed by atoms with E-state index < -0.39 is 5.91 Å². The number of halogens is 1. The molecule has 0 saturated carbocycles. The first-order chi connectivity index (χ1) is 9.25. The van der Waals surface area contributed by atoms with E-state index in [-0.39, 0.29) is 12.4 Å². The average Bonchev–Trinajstić information content (AvgIpc) is 2.46. The third-order valence-corrected chi connectivity index (χ3v) is 3.44. The summed E-state index contributed by atoms with van der Waals surface area (Å²) in [7, 11) is 0. The van der Waals surface area contributed by atoms with E-state index in [1.165, 1.54) is 11.1 Å². The van der Waals surface area contributed by atoms with Crippen LogP contribution in [0.15, 0.2) is 36.5 Å². The van der Waals surface area contributed by atoms with Gasteiger partial charge < -0.3 is 11.1 Å². The van der Waals surface area contributed by atoms with Crippen molar-refractivity contribution in [2.45, 2.75) is 13.0 Å². The standard InChI is InChI=1S/C15H15N3O.ClH/c16-15(19)14-13(2-1-6-18-14)11-4-3-10-5-7-17-9-12(10)8-11;/h1-4,6,8,17H,5,7,9H2,(H2,16,19);1H. The Kier molecular flexibility index (Phi) is 4.37. The summed E-state index contributed by atoms with van der Waals surface area (Å²) in [6, 6.07) is 9.98. The van der Waals surface area contributed by atoms with Crippen LogP contribution in [0.2, 0.25) is 0 Å². The Hall–Kier alpha value is -1.91. The fourth-order valence-electron chi connectivity index (χ4n) is 2.48. The van der Waals surface area contributed by atoms with Gasteiger partial charge in [0, 0.05) is 18.3 Å². The number of nitrogens with two attached hydrogens (primary N) is 1. The Labute approximate surface area is 123 Å². The third kappa shape index (κ3) is 2.66. The zero-order chi connectivity index (χ0) is 13.2. The van der Waals surface area contributed by atoms with Crippen LogP contribution in [0.1, 0.15) is 21.6 Å². The first-order valence-electron chi connectivity index (χ1n) is 6.33. The molecular weight excluding hydrogens is 274 g/mol. The van der Waals surface area contributed by atoms with Crippen LogP contribution in [0.5, 0.6) is 0 Å². The molecule has 20 heavy (non-hydrogen) atoms. The molecule has 5 heteroatoms. The number of hydrogen-bond donors (Lipinski definition) is 2. The topological polar surface area (TPSA) is 68.0 Å². The summed E-state index contributed by atoms with van der Waals surface area (Å²) in [5, 5.41) is 3.35. The average molecular weight is 290 g/mol. The molecule has 104 valence electrons. The Bertz CT molecular complexity index is 643. The maximum Gasteiger partial charge on any atom is 0.267 e. The molecule has 2 aromatic rings. The number of nitrogens with zero attached hydrogens (tertiary/aromatic N) is 1. The van der Waals surface area contributed by atoms with Crippen LogP contribution in [0.3, 0.4) is 0 Å². The molecule has 1 amide bonds. The molecule has 0 bridgehead atoms. The van der Waals surface area contributed by atoms with Crippen molar-refractivity contribution in [2.24, 2.45) is 5.73 Å². The summed E-state index contributed by atoms with van der Waals surface area (Å²) >= 11 is 0. The van der Waals surface area contributed by atoms with E-state index in [0.29, 0.717) is 5.69 Å². The van der Waals surface area contributed by atoms with Gasteiger partial charge in [0.2, 0.25) is 0 Å². The summed E-state index contributed by atoms with van der Waals surface area (Å²) in [6.45, 7) is 1.89. The van der Waals surface area contributed by atoms with Gasteiger partial charge in [-0.2, -0.15) is 0 Å². The van der Waals surface area contributed by atoms with Crippen molar-refractivity contribution >= 4 is 18.3 Å². The van der Waals surface area contributed by atoms with Gasteiger partial charge in [0.1, 0.15) is 5.69 Å². The Morgan fingerprint density at radius 2 is 2.10 bits per heavy atom. The molecule has 0 spiro atoms. The van der Waals surface area contributed by atoms with E-state index in [9.17, 15) is 4.79 Å². The quantitative estimate of drug-likeness (QED) is 0.887. The number of aromatic nitrogens is 1. The maximum absolute atomic E-state index is 11.4. The molecule has 4 nitrogen and oxygen atoms in total. The van der Waals surface area contributed by atoms with Crippen LogP contribution in [-0.4, -0.2) is 17.4 Å². The van der Waals surface area contributed by atoms with Crippen molar-refractivity contribution in [3.8, 4) is 11.1 Å². The summed E-state index contributed by atoms with van der Waals surface area (Å²) in [6.07, 6.45) is 2.63. The van der Waals surface area contributed by atoms with Gasteiger partial charge in [-0.1, -0.05) is 18.2 Å². The number of rotatable bonds is 2. The van der Waals surface area contributed by atoms with E-state index in [0.717, 1.165) is 30.6 Å². The Balaban J connectivity index is 0.00000147. The molecule has 1 aliphatic rings. The minimum absolute atomic E-state index is 0. The Morgan fingerprint density at radius 1 is 1.25 bits per heavy atom. The minimum atomic E-state index is -0.494. The highest BCUT2D eigenvalue weighted by atomic mass is 35.5. The monoisotopic (exact) mass is 289 g/mol. The SMILES string of the molecule is Cl.NC(=O)c1ncccc1-c1ccc2c(c1)CNCC2. The molecule has 3 rings (SSSR count). The van der Waals surface area contributed by atoms with Crippen molar-refractivity contribution in [3.05, 3.63) is 53.3 Å². The lowest BCUT2D eigenvalue weighted by Gasteiger charge is -2.18. The molecule has 1 aliphatic heterocycles. The number of pyridine rings is 1. The van der Waals surface area contributed by atoms with Gasteiger partial charge in [-0.15, -0.1) is 12.4 Å². The largest absolute Gasteiger partial charge is 0.364 e. The second-order valence-electron chi connectivity index (χ2n) is 4.67. The maximum atomic E-state index is 11.4. The predicted molar refractivity (Wildman–Crippen MR) is 80.8 cm³/mol. The molecule has 3 N–H and O–H groups in total. The lowest BCUT2D eigenvalue weighted by Crippen LogP contribution is -2.23. The molecule has 1 aromatic carbocycles. The molecule has 0 radical (unpaired) electrons. The molecule has 0 fully saturated rings. The van der Waals surface area contributed by atoms with E-state index in [2.05, 4.69) is 22.4 Å². The number of carbonyl (C=O) groups excluding carboxylic acids is 1. The second kappa shape index (κ2) is 6.03. The number of carbonyl (C=O) groups is 1. The molecule has 1 aromatic heterocycles. The fourth-order valence-corrected chi connectivity index (χ4v) is 2.48. The molecule has 0 unspecified atom stereocenters. The van der Waals surface area contributed by atoms with Crippen LogP contribution in [-0.2, 0) is 13.0 Å². The fraction of sp³-hybridized carbons (Fsp3) is 0.200.